The average molecular weight is 446 g/mol. The number of benzene rings is 1. The van der Waals surface area contributed by atoms with Crippen LogP contribution in [0.1, 0.15) is 67.3 Å². The van der Waals surface area contributed by atoms with Crippen LogP contribution in [0.5, 0.6) is 0 Å². The second-order valence-corrected chi connectivity index (χ2v) is 8.16. The van der Waals surface area contributed by atoms with E-state index in [9.17, 15) is 9.59 Å². The van der Waals surface area contributed by atoms with Crippen molar-refractivity contribution in [2.24, 2.45) is 0 Å². The molecule has 0 spiro atoms. The van der Waals surface area contributed by atoms with Gasteiger partial charge in [-0.2, -0.15) is 0 Å². The van der Waals surface area contributed by atoms with Gasteiger partial charge < -0.3 is 14.7 Å². The number of imidazole rings is 1. The number of nitrogens with zero attached hydrogens (tertiary/aromatic N) is 3. The first-order chi connectivity index (χ1) is 16.0. The summed E-state index contributed by atoms with van der Waals surface area (Å²) in [6, 6.07) is 9.94. The number of hydrogen-bond acceptors (Lipinski definition) is 6. The third-order valence-corrected chi connectivity index (χ3v) is 5.51. The van der Waals surface area contributed by atoms with Crippen molar-refractivity contribution >= 4 is 22.6 Å². The van der Waals surface area contributed by atoms with Crippen LogP contribution in [0.25, 0.3) is 22.2 Å². The number of H-pyrrole nitrogens is 1. The number of ketones is 1. The summed E-state index contributed by atoms with van der Waals surface area (Å²) in [7, 11) is 0. The van der Waals surface area contributed by atoms with E-state index in [-0.39, 0.29) is 23.6 Å². The Balaban J connectivity index is 1.38. The second-order valence-electron chi connectivity index (χ2n) is 8.16. The lowest BCUT2D eigenvalue weighted by Gasteiger charge is -2.15. The Morgan fingerprint density at radius 1 is 1.12 bits per heavy atom. The number of aryl methyl sites for hydroxylation is 1. The Labute approximate surface area is 191 Å². The SMILES string of the molecule is CC(=O)NC(CCCCCC(=O)c1ncco1)c1ncc(-c2ccc3nc(C)ccc3c2)[nH]1. The quantitative estimate of drug-likeness (QED) is 0.264. The molecule has 2 N–H and O–H groups in total. The minimum absolute atomic E-state index is 0.0881. The Morgan fingerprint density at radius 2 is 2.00 bits per heavy atom. The van der Waals surface area contributed by atoms with E-state index in [1.165, 1.54) is 19.4 Å². The number of nitrogens with one attached hydrogen (secondary N) is 2. The van der Waals surface area contributed by atoms with Crippen LogP contribution in [0.4, 0.5) is 0 Å². The first-order valence-electron chi connectivity index (χ1n) is 11.1. The number of Topliss-reactive ketones (excluding diaryl/α,β-unsaturated/α-hetero) is 1. The smallest absolute Gasteiger partial charge is 0.263 e. The summed E-state index contributed by atoms with van der Waals surface area (Å²) in [6.07, 6.45) is 8.22. The molecule has 0 saturated heterocycles. The lowest BCUT2D eigenvalue weighted by atomic mass is 10.1. The molecule has 8 nitrogen and oxygen atoms in total. The van der Waals surface area contributed by atoms with E-state index in [0.717, 1.165) is 59.4 Å². The highest BCUT2D eigenvalue weighted by Crippen LogP contribution is 2.25. The molecule has 4 aromatic rings. The number of carbonyl (C=O) groups is 2. The fraction of sp³-hybridized carbons (Fsp3) is 0.320. The van der Waals surface area contributed by atoms with Crippen LogP contribution < -0.4 is 5.32 Å². The van der Waals surface area contributed by atoms with Crippen LogP contribution in [0, 0.1) is 6.92 Å². The highest BCUT2D eigenvalue weighted by Gasteiger charge is 2.17. The molecule has 0 aliphatic rings. The van der Waals surface area contributed by atoms with E-state index in [4.69, 9.17) is 4.42 Å². The summed E-state index contributed by atoms with van der Waals surface area (Å²) in [6.45, 7) is 3.48. The summed E-state index contributed by atoms with van der Waals surface area (Å²) in [5.41, 5.74) is 3.84. The molecule has 0 saturated carbocycles. The molecule has 33 heavy (non-hydrogen) atoms. The van der Waals surface area contributed by atoms with E-state index in [1.54, 1.807) is 6.20 Å². The summed E-state index contributed by atoms with van der Waals surface area (Å²) < 4.78 is 5.04. The zero-order valence-electron chi connectivity index (χ0n) is 18.8. The first-order valence-corrected chi connectivity index (χ1v) is 11.1. The second kappa shape index (κ2) is 10.2. The van der Waals surface area contributed by atoms with E-state index in [1.807, 2.05) is 25.1 Å². The number of oxazole rings is 1. The molecule has 1 atom stereocenters. The van der Waals surface area contributed by atoms with Gasteiger partial charge in [0.1, 0.15) is 12.1 Å². The van der Waals surface area contributed by atoms with Gasteiger partial charge in [-0.3, -0.25) is 14.6 Å². The zero-order valence-corrected chi connectivity index (χ0v) is 18.8. The molecule has 0 aliphatic carbocycles. The fourth-order valence-electron chi connectivity index (χ4n) is 3.86. The third kappa shape index (κ3) is 5.71. The van der Waals surface area contributed by atoms with Crippen molar-refractivity contribution in [2.45, 2.75) is 52.0 Å². The van der Waals surface area contributed by atoms with Crippen molar-refractivity contribution in [3.05, 3.63) is 66.4 Å². The minimum Gasteiger partial charge on any atom is -0.442 e. The molecule has 3 aromatic heterocycles. The van der Waals surface area contributed by atoms with E-state index in [2.05, 4.69) is 37.4 Å². The zero-order chi connectivity index (χ0) is 23.2. The van der Waals surface area contributed by atoms with Gasteiger partial charge in [0.2, 0.25) is 11.7 Å². The number of rotatable bonds is 10. The Morgan fingerprint density at radius 3 is 2.79 bits per heavy atom. The summed E-state index contributed by atoms with van der Waals surface area (Å²) in [5, 5.41) is 4.05. The standard InChI is InChI=1S/C25H27N5O3/c1-16-8-9-18-14-19(10-11-20(18)28-16)22-15-27-24(30-22)21(29-17(2)31)6-4-3-5-7-23(32)25-26-12-13-33-25/h8-15,21H,3-7H2,1-2H3,(H,27,30)(H,29,31). The Kier molecular flexibility index (Phi) is 6.92. The van der Waals surface area contributed by atoms with Crippen LogP contribution >= 0.6 is 0 Å². The van der Waals surface area contributed by atoms with Gasteiger partial charge in [0.25, 0.3) is 5.89 Å². The normalized spacial score (nSPS) is 12.1. The Bertz CT molecular complexity index is 1250. The molecule has 1 amide bonds. The van der Waals surface area contributed by atoms with Crippen molar-refractivity contribution in [1.82, 2.24) is 25.3 Å². The van der Waals surface area contributed by atoms with Gasteiger partial charge in [-0.05, 0) is 38.0 Å². The molecule has 4 rings (SSSR count). The van der Waals surface area contributed by atoms with Gasteiger partial charge in [-0.25, -0.2) is 9.97 Å². The van der Waals surface area contributed by atoms with Crippen molar-refractivity contribution in [3.8, 4) is 11.3 Å². The molecule has 170 valence electrons. The maximum atomic E-state index is 12.0. The van der Waals surface area contributed by atoms with Crippen molar-refractivity contribution in [2.75, 3.05) is 0 Å². The molecule has 3 heterocycles. The van der Waals surface area contributed by atoms with E-state index >= 15 is 0 Å². The number of carbonyl (C=O) groups excluding carboxylic acids is 2. The van der Waals surface area contributed by atoms with Gasteiger partial charge in [0.05, 0.1) is 29.6 Å². The molecular formula is C25H27N5O3. The van der Waals surface area contributed by atoms with E-state index < -0.39 is 0 Å². The number of unbranched alkanes of at least 4 members (excludes halogenated alkanes) is 2. The number of amides is 1. The predicted molar refractivity (Wildman–Crippen MR) is 125 cm³/mol. The highest BCUT2D eigenvalue weighted by molar-refractivity contribution is 5.91. The largest absolute Gasteiger partial charge is 0.442 e. The van der Waals surface area contributed by atoms with Gasteiger partial charge in [-0.15, -0.1) is 0 Å². The first kappa shape index (κ1) is 22.4. The molecule has 1 unspecified atom stereocenters. The third-order valence-electron chi connectivity index (χ3n) is 5.51. The lowest BCUT2D eigenvalue weighted by Crippen LogP contribution is -2.26. The van der Waals surface area contributed by atoms with Crippen LogP contribution in [0.15, 0.2) is 53.4 Å². The fourth-order valence-corrected chi connectivity index (χ4v) is 3.86. The number of aromatic nitrogens is 4. The summed E-state index contributed by atoms with van der Waals surface area (Å²) in [4.78, 5) is 40.1. The van der Waals surface area contributed by atoms with Crippen LogP contribution in [0.2, 0.25) is 0 Å². The van der Waals surface area contributed by atoms with Gasteiger partial charge in [0.15, 0.2) is 0 Å². The Hall–Kier alpha value is -3.81. The molecule has 0 aliphatic heterocycles. The summed E-state index contributed by atoms with van der Waals surface area (Å²) >= 11 is 0. The number of pyridine rings is 1. The van der Waals surface area contributed by atoms with Gasteiger partial charge in [-0.1, -0.05) is 25.0 Å². The average Bonchev–Trinajstić information content (AvgIpc) is 3.50. The van der Waals surface area contributed by atoms with Gasteiger partial charge >= 0.3 is 0 Å². The maximum Gasteiger partial charge on any atom is 0.263 e. The topological polar surface area (TPSA) is 114 Å². The lowest BCUT2D eigenvalue weighted by molar-refractivity contribution is -0.119. The molecule has 0 radical (unpaired) electrons. The van der Waals surface area contributed by atoms with Crippen molar-refractivity contribution in [3.63, 3.8) is 0 Å². The van der Waals surface area contributed by atoms with Crippen molar-refractivity contribution < 1.29 is 14.0 Å². The van der Waals surface area contributed by atoms with E-state index in [0.29, 0.717) is 6.42 Å². The molecule has 0 fully saturated rings. The van der Waals surface area contributed by atoms with Crippen LogP contribution in [-0.2, 0) is 4.79 Å². The number of aromatic amines is 1. The summed E-state index contributed by atoms with van der Waals surface area (Å²) in [5.74, 6) is 0.686. The number of hydrogen-bond donors (Lipinski definition) is 2. The molecule has 0 bridgehead atoms. The molecule has 1 aromatic carbocycles. The molecule has 8 heteroatoms. The molecular weight excluding hydrogens is 418 g/mol. The highest BCUT2D eigenvalue weighted by atomic mass is 16.3. The predicted octanol–water partition coefficient (Wildman–Crippen LogP) is 4.93. The van der Waals surface area contributed by atoms with Crippen LogP contribution in [0.3, 0.4) is 0 Å². The minimum atomic E-state index is -0.219. The van der Waals surface area contributed by atoms with Crippen molar-refractivity contribution in [1.29, 1.82) is 0 Å². The maximum absolute atomic E-state index is 12.0. The van der Waals surface area contributed by atoms with Crippen LogP contribution in [-0.4, -0.2) is 31.6 Å². The number of fused-ring (bicyclic) bond motifs is 1. The monoisotopic (exact) mass is 445 g/mol. The van der Waals surface area contributed by atoms with Gasteiger partial charge in [0, 0.05) is 30.0 Å².